The molecule has 0 aromatic heterocycles. The number of carbonyl (C=O) groups is 2. The second kappa shape index (κ2) is 4.86. The van der Waals surface area contributed by atoms with Gasteiger partial charge in [0.2, 0.25) is 0 Å². The number of aliphatic hydroxyl groups is 1. The number of hydrogen-bond donors (Lipinski definition) is 1. The monoisotopic (exact) mass is 333 g/mol. The highest BCUT2D eigenvalue weighted by atomic mass is 16.8. The third kappa shape index (κ3) is 2.20. The second-order valence-corrected chi connectivity index (χ2v) is 7.00. The van der Waals surface area contributed by atoms with Crippen molar-refractivity contribution in [2.75, 3.05) is 6.54 Å². The van der Waals surface area contributed by atoms with E-state index >= 15 is 0 Å². The van der Waals surface area contributed by atoms with Crippen molar-refractivity contribution in [2.24, 2.45) is 0 Å². The van der Waals surface area contributed by atoms with Crippen LogP contribution in [0.4, 0.5) is 0 Å². The summed E-state index contributed by atoms with van der Waals surface area (Å²) in [5.74, 6) is -3.12. The lowest BCUT2D eigenvalue weighted by Gasteiger charge is -2.28. The molecule has 3 unspecified atom stereocenters. The Morgan fingerprint density at radius 2 is 1.62 bits per heavy atom. The Hall–Kier alpha value is -1.80. The molecule has 3 aliphatic rings. The number of hydrogen-bond acceptors (Lipinski definition) is 6. The first-order valence-electron chi connectivity index (χ1n) is 7.91. The van der Waals surface area contributed by atoms with Gasteiger partial charge in [0.25, 0.3) is 11.8 Å². The molecular weight excluding hydrogens is 314 g/mol. The van der Waals surface area contributed by atoms with Crippen molar-refractivity contribution in [3.8, 4) is 0 Å². The average molecular weight is 333 g/mol. The van der Waals surface area contributed by atoms with Crippen molar-refractivity contribution in [3.63, 3.8) is 0 Å². The van der Waals surface area contributed by atoms with E-state index < -0.39 is 29.9 Å². The van der Waals surface area contributed by atoms with E-state index in [4.69, 9.17) is 14.2 Å². The zero-order valence-electron chi connectivity index (χ0n) is 13.7. The van der Waals surface area contributed by atoms with Gasteiger partial charge >= 0.3 is 0 Å². The minimum atomic E-state index is -1.54. The fourth-order valence-electron chi connectivity index (χ4n) is 3.64. The summed E-state index contributed by atoms with van der Waals surface area (Å²) in [5, 5.41) is 10.4. The number of nitrogens with zero attached hydrogens (tertiary/aromatic N) is 1. The van der Waals surface area contributed by atoms with Gasteiger partial charge in [0.15, 0.2) is 11.6 Å². The van der Waals surface area contributed by atoms with Gasteiger partial charge in [-0.3, -0.25) is 14.5 Å². The molecule has 3 aliphatic heterocycles. The summed E-state index contributed by atoms with van der Waals surface area (Å²) in [6.45, 7) is 5.00. The Morgan fingerprint density at radius 1 is 1.04 bits per heavy atom. The van der Waals surface area contributed by atoms with Crippen LogP contribution < -0.4 is 0 Å². The molecule has 0 saturated carbocycles. The predicted molar refractivity (Wildman–Crippen MR) is 81.1 cm³/mol. The second-order valence-electron chi connectivity index (χ2n) is 7.00. The Morgan fingerprint density at radius 3 is 2.21 bits per heavy atom. The molecule has 1 N–H and O–H groups in total. The van der Waals surface area contributed by atoms with E-state index in [0.717, 1.165) is 4.90 Å². The zero-order valence-corrected chi connectivity index (χ0v) is 13.7. The lowest BCUT2D eigenvalue weighted by Crippen LogP contribution is -2.42. The number of rotatable bonds is 2. The summed E-state index contributed by atoms with van der Waals surface area (Å²) >= 11 is 0. The van der Waals surface area contributed by atoms with Gasteiger partial charge in [-0.2, -0.15) is 0 Å². The number of benzene rings is 1. The molecule has 24 heavy (non-hydrogen) atoms. The predicted octanol–water partition coefficient (Wildman–Crippen LogP) is 0.910. The van der Waals surface area contributed by atoms with E-state index in [0.29, 0.717) is 11.1 Å². The fourth-order valence-corrected chi connectivity index (χ4v) is 3.64. The van der Waals surface area contributed by atoms with Gasteiger partial charge in [-0.25, -0.2) is 0 Å². The van der Waals surface area contributed by atoms with Crippen LogP contribution in [0.25, 0.3) is 0 Å². The van der Waals surface area contributed by atoms with Crippen molar-refractivity contribution in [1.82, 2.24) is 4.90 Å². The normalized spacial score (nSPS) is 37.0. The molecule has 1 aromatic carbocycles. The van der Waals surface area contributed by atoms with Crippen LogP contribution >= 0.6 is 0 Å². The van der Waals surface area contributed by atoms with E-state index in [9.17, 15) is 14.7 Å². The SMILES string of the molecule is CC1(C)OC2C(CN3C(=O)c4ccccc4C3=O)OC(C)(O)[C@@H]2O1. The summed E-state index contributed by atoms with van der Waals surface area (Å²) < 4.78 is 17.2. The third-order valence-electron chi connectivity index (χ3n) is 4.65. The average Bonchev–Trinajstić information content (AvgIpc) is 3.04. The van der Waals surface area contributed by atoms with Crippen LogP contribution in [0.2, 0.25) is 0 Å². The van der Waals surface area contributed by atoms with Crippen molar-refractivity contribution in [3.05, 3.63) is 35.4 Å². The van der Waals surface area contributed by atoms with Crippen molar-refractivity contribution >= 4 is 11.8 Å². The van der Waals surface area contributed by atoms with Crippen LogP contribution in [0.3, 0.4) is 0 Å². The molecule has 2 amide bonds. The fraction of sp³-hybridized carbons (Fsp3) is 0.529. The van der Waals surface area contributed by atoms with Crippen LogP contribution in [0.5, 0.6) is 0 Å². The van der Waals surface area contributed by atoms with E-state index in [1.54, 1.807) is 38.1 Å². The van der Waals surface area contributed by atoms with Gasteiger partial charge < -0.3 is 19.3 Å². The number of ether oxygens (including phenoxy) is 3. The van der Waals surface area contributed by atoms with Gasteiger partial charge in [0.05, 0.1) is 17.7 Å². The largest absolute Gasteiger partial charge is 0.364 e. The molecule has 2 fully saturated rings. The summed E-state index contributed by atoms with van der Waals surface area (Å²) in [7, 11) is 0. The Labute approximate surface area is 139 Å². The Kier molecular flexibility index (Phi) is 3.18. The molecule has 0 aliphatic carbocycles. The highest BCUT2D eigenvalue weighted by molar-refractivity contribution is 6.21. The number of carbonyl (C=O) groups excluding carboxylic acids is 2. The van der Waals surface area contributed by atoms with E-state index in [-0.39, 0.29) is 18.4 Å². The van der Waals surface area contributed by atoms with Gasteiger partial charge in [-0.05, 0) is 32.9 Å². The highest BCUT2D eigenvalue weighted by Crippen LogP contribution is 2.43. The molecule has 128 valence electrons. The Balaban J connectivity index is 1.59. The minimum Gasteiger partial charge on any atom is -0.364 e. The lowest BCUT2D eigenvalue weighted by atomic mass is 10.1. The minimum absolute atomic E-state index is 0.00308. The molecule has 0 spiro atoms. The first-order chi connectivity index (χ1) is 11.2. The summed E-state index contributed by atoms with van der Waals surface area (Å²) in [6.07, 6.45) is -1.89. The first kappa shape index (κ1) is 15.7. The third-order valence-corrected chi connectivity index (χ3v) is 4.65. The summed E-state index contributed by atoms with van der Waals surface area (Å²) in [4.78, 5) is 26.1. The lowest BCUT2D eigenvalue weighted by molar-refractivity contribution is -0.265. The van der Waals surface area contributed by atoms with Crippen LogP contribution in [0, 0.1) is 0 Å². The van der Waals surface area contributed by atoms with Crippen LogP contribution in [-0.4, -0.2) is 58.3 Å². The van der Waals surface area contributed by atoms with Crippen LogP contribution in [-0.2, 0) is 14.2 Å². The number of imide groups is 1. The molecule has 7 heteroatoms. The van der Waals surface area contributed by atoms with E-state index in [2.05, 4.69) is 0 Å². The maximum atomic E-state index is 12.5. The van der Waals surface area contributed by atoms with Gasteiger partial charge in [0, 0.05) is 0 Å². The highest BCUT2D eigenvalue weighted by Gasteiger charge is 2.61. The molecule has 1 aromatic rings. The van der Waals surface area contributed by atoms with Crippen LogP contribution in [0.15, 0.2) is 24.3 Å². The molecule has 0 radical (unpaired) electrons. The summed E-state index contributed by atoms with van der Waals surface area (Å²) in [6, 6.07) is 6.69. The maximum Gasteiger partial charge on any atom is 0.261 e. The molecule has 2 saturated heterocycles. The van der Waals surface area contributed by atoms with Crippen LogP contribution in [0.1, 0.15) is 41.5 Å². The first-order valence-corrected chi connectivity index (χ1v) is 7.91. The van der Waals surface area contributed by atoms with E-state index in [1.165, 1.54) is 6.92 Å². The van der Waals surface area contributed by atoms with Gasteiger partial charge in [0.1, 0.15) is 18.3 Å². The maximum absolute atomic E-state index is 12.5. The molecular formula is C17H19NO6. The zero-order chi connectivity index (χ0) is 17.3. The van der Waals surface area contributed by atoms with Gasteiger partial charge in [-0.15, -0.1) is 0 Å². The van der Waals surface area contributed by atoms with Crippen molar-refractivity contribution in [2.45, 2.75) is 50.7 Å². The number of fused-ring (bicyclic) bond motifs is 2. The Bertz CT molecular complexity index is 693. The van der Waals surface area contributed by atoms with E-state index in [1.807, 2.05) is 0 Å². The molecule has 0 bridgehead atoms. The van der Waals surface area contributed by atoms with Gasteiger partial charge in [-0.1, -0.05) is 12.1 Å². The quantitative estimate of drug-likeness (QED) is 0.810. The van der Waals surface area contributed by atoms with Crippen molar-refractivity contribution < 1.29 is 28.9 Å². The molecule has 7 nitrogen and oxygen atoms in total. The summed E-state index contributed by atoms with van der Waals surface area (Å²) in [5.41, 5.74) is 0.764. The number of amides is 2. The molecule has 3 heterocycles. The molecule has 4 atom stereocenters. The smallest absolute Gasteiger partial charge is 0.261 e. The molecule has 4 rings (SSSR count). The van der Waals surface area contributed by atoms with Crippen molar-refractivity contribution in [1.29, 1.82) is 0 Å². The standard InChI is InChI=1S/C17H19NO6/c1-16(2)23-12-11(22-17(3,21)13(12)24-16)8-18-14(19)9-6-4-5-7-10(9)15(18)20/h4-7,11-13,21H,8H2,1-3H3/t11?,12?,13-,17?/m1/s1. The topological polar surface area (TPSA) is 85.3 Å².